The van der Waals surface area contributed by atoms with Gasteiger partial charge in [0.15, 0.2) is 0 Å². The zero-order chi connectivity index (χ0) is 0. The van der Waals surface area contributed by atoms with E-state index in [0.29, 0.717) is 0 Å². The van der Waals surface area contributed by atoms with Crippen LogP contribution in [0.2, 0.25) is 0 Å². The summed E-state index contributed by atoms with van der Waals surface area (Å²) in [6.45, 7) is 0. The predicted octanol–water partition coefficient (Wildman–Crippen LogP) is -0.00500. The standard InChI is InChI=1S/Ag.Ce.La.Pd. The molecular formula is AgCeLaPd. The first kappa shape index (κ1) is 24.6. The van der Waals surface area contributed by atoms with Crippen LogP contribution in [-0.2, 0) is 42.8 Å². The van der Waals surface area contributed by atoms with Gasteiger partial charge in [0.2, 0.25) is 0 Å². The Morgan fingerprint density at radius 3 is 1.00 bits per heavy atom. The second-order valence-corrected chi connectivity index (χ2v) is 0. The van der Waals surface area contributed by atoms with E-state index < -0.39 is 0 Å². The first-order valence-corrected chi connectivity index (χ1v) is 0. The van der Waals surface area contributed by atoms with Crippen molar-refractivity contribution < 1.29 is 120 Å². The molecule has 0 aromatic carbocycles. The van der Waals surface area contributed by atoms with E-state index in [4.69, 9.17) is 0 Å². The molecule has 4 heteroatoms. The van der Waals surface area contributed by atoms with Crippen molar-refractivity contribution in [1.82, 2.24) is 0 Å². The van der Waals surface area contributed by atoms with Crippen LogP contribution in [0, 0.1) is 77.3 Å². The van der Waals surface area contributed by atoms with Crippen LogP contribution in [0.5, 0.6) is 0 Å². The van der Waals surface area contributed by atoms with Crippen molar-refractivity contribution in [2.45, 2.75) is 0 Å². The van der Waals surface area contributed by atoms with Crippen LogP contribution >= 0.6 is 0 Å². The second kappa shape index (κ2) is 15.8. The summed E-state index contributed by atoms with van der Waals surface area (Å²) in [5, 5.41) is 0. The van der Waals surface area contributed by atoms with Gasteiger partial charge < -0.3 is 0 Å². The van der Waals surface area contributed by atoms with Gasteiger partial charge in [-0.05, 0) is 0 Å². The monoisotopic (exact) mass is 492 g/mol. The third-order valence-corrected chi connectivity index (χ3v) is 0. The largest absolute Gasteiger partial charge is 0 e. The molecule has 0 aliphatic rings. The maximum atomic E-state index is 0. The molecule has 0 saturated heterocycles. The molecule has 0 aliphatic heterocycles. The molecule has 0 aliphatic carbocycles. The van der Waals surface area contributed by atoms with Crippen molar-refractivity contribution in [2.24, 2.45) is 0 Å². The van der Waals surface area contributed by atoms with Crippen LogP contribution in [0.25, 0.3) is 0 Å². The molecule has 0 amide bonds. The average molecular weight is 493 g/mol. The Kier molecular flexibility index (Phi) is 96.8. The topological polar surface area (TPSA) is 0 Å². The van der Waals surface area contributed by atoms with Gasteiger partial charge >= 0.3 is 0 Å². The van der Waals surface area contributed by atoms with E-state index in [-0.39, 0.29) is 120 Å². The maximum absolute atomic E-state index is 0. The van der Waals surface area contributed by atoms with E-state index in [9.17, 15) is 0 Å². The van der Waals surface area contributed by atoms with Crippen molar-refractivity contribution in [2.75, 3.05) is 0 Å². The SMILES string of the molecule is [Ag].[Ce].[La].[Pd]. The molecule has 0 bridgehead atoms. The fraction of sp³-hybridized carbons (Fsp3) is 0. The molecule has 0 saturated carbocycles. The first-order valence-electron chi connectivity index (χ1n) is 0. The smallest absolute Gasteiger partial charge is 0 e. The Morgan fingerprint density at radius 1 is 1.00 bits per heavy atom. The Hall–Kier alpha value is 3.97. The molecule has 2 radical (unpaired) electrons. The summed E-state index contributed by atoms with van der Waals surface area (Å²) < 4.78 is 0. The summed E-state index contributed by atoms with van der Waals surface area (Å²) in [7, 11) is 0. The average Bonchev–Trinajstić information content (AvgIpc) is 0. The number of hydrogen-bond acceptors (Lipinski definition) is 0. The molecule has 0 atom stereocenters. The van der Waals surface area contributed by atoms with Gasteiger partial charge in [0.05, 0.1) is 0 Å². The quantitative estimate of drug-likeness (QED) is 0.417. The molecule has 0 nitrogen and oxygen atoms in total. The van der Waals surface area contributed by atoms with Crippen LogP contribution < -0.4 is 0 Å². The molecule has 0 aromatic rings. The van der Waals surface area contributed by atoms with Gasteiger partial charge in [0.1, 0.15) is 0 Å². The summed E-state index contributed by atoms with van der Waals surface area (Å²) >= 11 is 0. The Labute approximate surface area is 117 Å². The van der Waals surface area contributed by atoms with Crippen LogP contribution in [0.3, 0.4) is 0 Å². The third-order valence-electron chi connectivity index (χ3n) is 0. The number of hydrogen-bond donors (Lipinski definition) is 0. The molecule has 28 valence electrons. The fourth-order valence-corrected chi connectivity index (χ4v) is 0. The maximum Gasteiger partial charge on any atom is 0 e. The molecule has 4 heavy (non-hydrogen) atoms. The van der Waals surface area contributed by atoms with Gasteiger partial charge in [0.25, 0.3) is 0 Å². The van der Waals surface area contributed by atoms with Gasteiger partial charge in [-0.3, -0.25) is 0 Å². The van der Waals surface area contributed by atoms with E-state index in [1.165, 1.54) is 0 Å². The van der Waals surface area contributed by atoms with Gasteiger partial charge in [-0.15, -0.1) is 0 Å². The zero-order valence-electron chi connectivity index (χ0n) is 1.70. The molecule has 0 N–H and O–H groups in total. The summed E-state index contributed by atoms with van der Waals surface area (Å²) in [6, 6.07) is 0. The minimum atomic E-state index is 0. The predicted molar refractivity (Wildman–Crippen MR) is 0 cm³/mol. The van der Waals surface area contributed by atoms with Gasteiger partial charge in [0, 0.05) is 120 Å². The molecule has 0 spiro atoms. The van der Waals surface area contributed by atoms with E-state index in [1.807, 2.05) is 0 Å². The summed E-state index contributed by atoms with van der Waals surface area (Å²) in [5.41, 5.74) is 0. The summed E-state index contributed by atoms with van der Waals surface area (Å²) in [4.78, 5) is 0. The fourth-order valence-electron chi connectivity index (χ4n) is 0. The minimum absolute atomic E-state index is 0. The van der Waals surface area contributed by atoms with Crippen LogP contribution in [0.15, 0.2) is 0 Å². The van der Waals surface area contributed by atoms with Gasteiger partial charge in [-0.2, -0.15) is 0 Å². The third kappa shape index (κ3) is 9.36. The van der Waals surface area contributed by atoms with Gasteiger partial charge in [-0.1, -0.05) is 0 Å². The van der Waals surface area contributed by atoms with Crippen molar-refractivity contribution in [3.63, 3.8) is 0 Å². The second-order valence-electron chi connectivity index (χ2n) is 0. The Bertz CT molecular complexity index is 8.00. The van der Waals surface area contributed by atoms with Crippen molar-refractivity contribution in [3.8, 4) is 0 Å². The Balaban J connectivity index is 0. The summed E-state index contributed by atoms with van der Waals surface area (Å²) in [5.74, 6) is 0. The van der Waals surface area contributed by atoms with Crippen LogP contribution in [0.1, 0.15) is 0 Å². The minimum Gasteiger partial charge on any atom is 0 e. The molecule has 0 heterocycles. The molecule has 0 unspecified atom stereocenters. The van der Waals surface area contributed by atoms with Crippen LogP contribution in [0.4, 0.5) is 0 Å². The van der Waals surface area contributed by atoms with E-state index in [2.05, 4.69) is 0 Å². The van der Waals surface area contributed by atoms with Crippen molar-refractivity contribution in [1.29, 1.82) is 0 Å². The van der Waals surface area contributed by atoms with Gasteiger partial charge in [-0.25, -0.2) is 0 Å². The zero-order valence-corrected chi connectivity index (χ0v) is 11.5. The van der Waals surface area contributed by atoms with Crippen molar-refractivity contribution >= 4 is 0 Å². The number of rotatable bonds is 0. The van der Waals surface area contributed by atoms with E-state index in [0.717, 1.165) is 0 Å². The first-order chi connectivity index (χ1) is 0. The van der Waals surface area contributed by atoms with Crippen molar-refractivity contribution in [3.05, 3.63) is 0 Å². The molecule has 0 rings (SSSR count). The molecule has 0 fully saturated rings. The molecule has 0 aromatic heterocycles. The normalized spacial score (nSPS) is 0. The van der Waals surface area contributed by atoms with E-state index in [1.54, 1.807) is 0 Å². The van der Waals surface area contributed by atoms with Crippen LogP contribution in [-0.4, -0.2) is 0 Å². The Morgan fingerprint density at radius 2 is 1.00 bits per heavy atom. The van der Waals surface area contributed by atoms with E-state index >= 15 is 0 Å². The summed E-state index contributed by atoms with van der Waals surface area (Å²) in [6.07, 6.45) is 0. The molecular weight excluding hydrogens is 493 g/mol.